The van der Waals surface area contributed by atoms with Gasteiger partial charge in [0.1, 0.15) is 0 Å². The van der Waals surface area contributed by atoms with Crippen molar-refractivity contribution in [3.8, 4) is 17.6 Å². The van der Waals surface area contributed by atoms with Gasteiger partial charge in [0.25, 0.3) is 0 Å². The molecule has 3 nitrogen and oxygen atoms in total. The summed E-state index contributed by atoms with van der Waals surface area (Å²) in [5, 5.41) is 26.6. The zero-order valence-corrected chi connectivity index (χ0v) is 7.97. The summed E-state index contributed by atoms with van der Waals surface area (Å²) in [5.41, 5.74) is 0.182. The molecule has 0 aliphatic carbocycles. The van der Waals surface area contributed by atoms with Crippen LogP contribution in [-0.2, 0) is 6.42 Å². The molecule has 0 radical (unpaired) electrons. The third kappa shape index (κ3) is 1.73. The minimum absolute atomic E-state index is 0.0970. The number of rotatable bonds is 1. The number of nitrogens with zero attached hydrogens (tertiary/aromatic N) is 1. The van der Waals surface area contributed by atoms with Gasteiger partial charge >= 0.3 is 0 Å². The van der Waals surface area contributed by atoms with Gasteiger partial charge in [-0.1, -0.05) is 15.9 Å². The maximum atomic E-state index is 12.7. The van der Waals surface area contributed by atoms with E-state index < -0.39 is 17.3 Å². The van der Waals surface area contributed by atoms with Gasteiger partial charge in [-0.15, -0.1) is 0 Å². The molecule has 0 heterocycles. The van der Waals surface area contributed by atoms with Crippen LogP contribution in [0.25, 0.3) is 0 Å². The summed E-state index contributed by atoms with van der Waals surface area (Å²) in [6.45, 7) is 0. The second-order valence-corrected chi connectivity index (χ2v) is 3.21. The Kier molecular flexibility index (Phi) is 2.73. The predicted octanol–water partition coefficient (Wildman–Crippen LogP) is 2.07. The van der Waals surface area contributed by atoms with E-state index in [0.717, 1.165) is 6.07 Å². The van der Waals surface area contributed by atoms with E-state index in [1.165, 1.54) is 0 Å². The normalized spacial score (nSPS) is 9.62. The summed E-state index contributed by atoms with van der Waals surface area (Å²) in [5.74, 6) is -2.34. The zero-order chi connectivity index (χ0) is 10.0. The molecular formula is C8H5BrFNO2. The van der Waals surface area contributed by atoms with Crippen LogP contribution >= 0.6 is 15.9 Å². The fourth-order valence-electron chi connectivity index (χ4n) is 0.883. The first-order valence-electron chi connectivity index (χ1n) is 3.33. The van der Waals surface area contributed by atoms with Crippen molar-refractivity contribution in [2.24, 2.45) is 0 Å². The molecule has 0 unspecified atom stereocenters. The van der Waals surface area contributed by atoms with E-state index >= 15 is 0 Å². The lowest BCUT2D eigenvalue weighted by molar-refractivity contribution is 0.375. The molecule has 0 aliphatic heterocycles. The van der Waals surface area contributed by atoms with Gasteiger partial charge in [0.2, 0.25) is 0 Å². The highest BCUT2D eigenvalue weighted by atomic mass is 79.9. The number of aromatic hydroxyl groups is 2. The number of halogens is 2. The molecule has 5 heteroatoms. The Bertz CT molecular complexity index is 387. The summed E-state index contributed by atoms with van der Waals surface area (Å²) in [7, 11) is 0. The molecule has 13 heavy (non-hydrogen) atoms. The smallest absolute Gasteiger partial charge is 0.194 e. The van der Waals surface area contributed by atoms with Crippen molar-refractivity contribution in [2.75, 3.05) is 0 Å². The number of hydrogen-bond donors (Lipinski definition) is 2. The fraction of sp³-hybridized carbons (Fsp3) is 0.125. The molecule has 1 aromatic carbocycles. The van der Waals surface area contributed by atoms with Gasteiger partial charge in [-0.3, -0.25) is 0 Å². The lowest BCUT2D eigenvalue weighted by Gasteiger charge is -2.05. The van der Waals surface area contributed by atoms with Gasteiger partial charge in [0, 0.05) is 10.0 Å². The van der Waals surface area contributed by atoms with Crippen LogP contribution in [-0.4, -0.2) is 10.2 Å². The molecule has 0 aliphatic rings. The zero-order valence-electron chi connectivity index (χ0n) is 6.38. The average molecular weight is 246 g/mol. The lowest BCUT2D eigenvalue weighted by Crippen LogP contribution is -1.88. The molecule has 0 atom stereocenters. The summed E-state index contributed by atoms with van der Waals surface area (Å²) in [6, 6.07) is 2.79. The van der Waals surface area contributed by atoms with E-state index in [4.69, 9.17) is 10.4 Å². The first-order valence-corrected chi connectivity index (χ1v) is 4.13. The van der Waals surface area contributed by atoms with Gasteiger partial charge < -0.3 is 10.2 Å². The summed E-state index contributed by atoms with van der Waals surface area (Å²) < 4.78 is 13.0. The highest BCUT2D eigenvalue weighted by molar-refractivity contribution is 9.10. The first-order chi connectivity index (χ1) is 6.07. The summed E-state index contributed by atoms with van der Waals surface area (Å²) in [4.78, 5) is 0. The van der Waals surface area contributed by atoms with Gasteiger partial charge in [0.15, 0.2) is 17.3 Å². The number of hydrogen-bond acceptors (Lipinski definition) is 3. The Balaban J connectivity index is 3.36. The first kappa shape index (κ1) is 9.81. The molecule has 0 fully saturated rings. The van der Waals surface area contributed by atoms with E-state index in [-0.39, 0.29) is 16.5 Å². The third-order valence-electron chi connectivity index (χ3n) is 1.53. The van der Waals surface area contributed by atoms with E-state index in [2.05, 4.69) is 15.9 Å². The van der Waals surface area contributed by atoms with Gasteiger partial charge in [-0.05, 0) is 6.07 Å². The van der Waals surface area contributed by atoms with Crippen molar-refractivity contribution in [1.29, 1.82) is 5.26 Å². The topological polar surface area (TPSA) is 64.2 Å². The quantitative estimate of drug-likeness (QED) is 0.745. The highest BCUT2D eigenvalue weighted by Gasteiger charge is 2.15. The molecule has 0 spiro atoms. The molecule has 0 amide bonds. The Hall–Kier alpha value is -1.28. The molecule has 68 valence electrons. The van der Waals surface area contributed by atoms with E-state index in [1.54, 1.807) is 6.07 Å². The van der Waals surface area contributed by atoms with Gasteiger partial charge in [0.05, 0.1) is 12.5 Å². The largest absolute Gasteiger partial charge is 0.504 e. The third-order valence-corrected chi connectivity index (χ3v) is 2.24. The molecule has 1 aromatic rings. The van der Waals surface area contributed by atoms with Gasteiger partial charge in [-0.25, -0.2) is 4.39 Å². The SMILES string of the molecule is N#CCc1c(Br)cc(F)c(O)c1O. The second kappa shape index (κ2) is 3.62. The van der Waals surface area contributed by atoms with Crippen molar-refractivity contribution in [3.05, 3.63) is 21.9 Å². The predicted molar refractivity (Wildman–Crippen MR) is 46.7 cm³/mol. The van der Waals surface area contributed by atoms with E-state index in [9.17, 15) is 9.50 Å². The van der Waals surface area contributed by atoms with Crippen molar-refractivity contribution in [2.45, 2.75) is 6.42 Å². The monoisotopic (exact) mass is 245 g/mol. The Morgan fingerprint density at radius 1 is 1.46 bits per heavy atom. The van der Waals surface area contributed by atoms with E-state index in [1.807, 2.05) is 0 Å². The highest BCUT2D eigenvalue weighted by Crippen LogP contribution is 2.36. The number of benzene rings is 1. The second-order valence-electron chi connectivity index (χ2n) is 2.35. The molecule has 1 rings (SSSR count). The van der Waals surface area contributed by atoms with Crippen LogP contribution in [0.1, 0.15) is 5.56 Å². The average Bonchev–Trinajstić information content (AvgIpc) is 2.09. The maximum Gasteiger partial charge on any atom is 0.194 e. The Morgan fingerprint density at radius 2 is 2.08 bits per heavy atom. The fourth-order valence-corrected chi connectivity index (χ4v) is 1.41. The summed E-state index contributed by atoms with van der Waals surface area (Å²) in [6.07, 6.45) is -0.0970. The minimum Gasteiger partial charge on any atom is -0.504 e. The molecule has 2 N–H and O–H groups in total. The van der Waals surface area contributed by atoms with Crippen LogP contribution in [0.3, 0.4) is 0 Å². The van der Waals surface area contributed by atoms with Crippen LogP contribution in [0, 0.1) is 17.1 Å². The summed E-state index contributed by atoms with van der Waals surface area (Å²) >= 11 is 2.97. The van der Waals surface area contributed by atoms with E-state index in [0.29, 0.717) is 0 Å². The maximum absolute atomic E-state index is 12.7. The van der Waals surface area contributed by atoms with Crippen LogP contribution < -0.4 is 0 Å². The molecular weight excluding hydrogens is 241 g/mol. The Morgan fingerprint density at radius 3 is 2.62 bits per heavy atom. The Labute approximate surface area is 82.2 Å². The molecule has 0 bridgehead atoms. The number of nitriles is 1. The lowest BCUT2D eigenvalue weighted by atomic mass is 10.1. The van der Waals surface area contributed by atoms with Crippen molar-refractivity contribution < 1.29 is 14.6 Å². The molecule has 0 saturated carbocycles. The number of phenols is 2. The van der Waals surface area contributed by atoms with Crippen LogP contribution in [0.5, 0.6) is 11.5 Å². The van der Waals surface area contributed by atoms with Gasteiger partial charge in [-0.2, -0.15) is 5.26 Å². The van der Waals surface area contributed by atoms with Crippen molar-refractivity contribution in [3.63, 3.8) is 0 Å². The minimum atomic E-state index is -0.925. The van der Waals surface area contributed by atoms with Crippen LogP contribution in [0.2, 0.25) is 0 Å². The van der Waals surface area contributed by atoms with Crippen molar-refractivity contribution >= 4 is 15.9 Å². The number of phenolic OH excluding ortho intramolecular Hbond substituents is 2. The standard InChI is InChI=1S/C8H5BrFNO2/c9-5-3-6(10)8(13)7(12)4(5)1-2-11/h3,12-13H,1H2. The molecule has 0 aromatic heterocycles. The van der Waals surface area contributed by atoms with Crippen LogP contribution in [0.4, 0.5) is 4.39 Å². The molecule has 0 saturated heterocycles. The van der Waals surface area contributed by atoms with Crippen LogP contribution in [0.15, 0.2) is 10.5 Å². The van der Waals surface area contributed by atoms with Crippen molar-refractivity contribution in [1.82, 2.24) is 0 Å².